The van der Waals surface area contributed by atoms with Crippen molar-refractivity contribution in [2.45, 2.75) is 38.0 Å². The van der Waals surface area contributed by atoms with E-state index in [1.165, 1.54) is 17.5 Å². The summed E-state index contributed by atoms with van der Waals surface area (Å²) in [6.07, 6.45) is 8.68. The number of carbonyl (C=O) groups excluding carboxylic acids is 1. The molecule has 0 saturated carbocycles. The Morgan fingerprint density at radius 1 is 1.14 bits per heavy atom. The maximum atomic E-state index is 11.9. The molecule has 5 rings (SSSR count). The number of aliphatic hydroxyl groups is 1. The molecule has 1 fully saturated rings. The molecule has 6 heteroatoms. The molecule has 4 aliphatic rings. The largest absolute Gasteiger partial charge is 0.395 e. The van der Waals surface area contributed by atoms with E-state index in [2.05, 4.69) is 44.7 Å². The van der Waals surface area contributed by atoms with Crippen molar-refractivity contribution in [1.29, 1.82) is 0 Å². The van der Waals surface area contributed by atoms with E-state index in [4.69, 9.17) is 0 Å². The highest BCUT2D eigenvalue weighted by Crippen LogP contribution is 2.38. The van der Waals surface area contributed by atoms with Gasteiger partial charge in [0.1, 0.15) is 6.17 Å². The number of benzene rings is 1. The predicted molar refractivity (Wildman–Crippen MR) is 107 cm³/mol. The molecule has 2 atom stereocenters. The Kier molecular flexibility index (Phi) is 4.45. The van der Waals surface area contributed by atoms with Crippen LogP contribution in [0, 0.1) is 0 Å². The van der Waals surface area contributed by atoms with E-state index in [0.29, 0.717) is 6.04 Å². The molecule has 28 heavy (non-hydrogen) atoms. The molecule has 1 aromatic carbocycles. The summed E-state index contributed by atoms with van der Waals surface area (Å²) in [5.41, 5.74) is 5.71. The van der Waals surface area contributed by atoms with Crippen LogP contribution in [0.5, 0.6) is 0 Å². The van der Waals surface area contributed by atoms with Crippen LogP contribution in [0.4, 0.5) is 0 Å². The van der Waals surface area contributed by atoms with Gasteiger partial charge in [-0.15, -0.1) is 0 Å². The predicted octanol–water partition coefficient (Wildman–Crippen LogP) is 1.73. The van der Waals surface area contributed by atoms with Crippen molar-refractivity contribution in [3.63, 3.8) is 0 Å². The van der Waals surface area contributed by atoms with Gasteiger partial charge in [0.2, 0.25) is 5.91 Å². The van der Waals surface area contributed by atoms with Gasteiger partial charge < -0.3 is 20.6 Å². The van der Waals surface area contributed by atoms with Crippen LogP contribution in [0.25, 0.3) is 0 Å². The van der Waals surface area contributed by atoms with Gasteiger partial charge in [-0.2, -0.15) is 0 Å². The normalized spacial score (nSPS) is 26.7. The van der Waals surface area contributed by atoms with Gasteiger partial charge in [0, 0.05) is 49.1 Å². The Bertz CT molecular complexity index is 871. The van der Waals surface area contributed by atoms with Crippen molar-refractivity contribution < 1.29 is 9.90 Å². The molecule has 0 bridgehead atoms. The van der Waals surface area contributed by atoms with Crippen LogP contribution >= 0.6 is 0 Å². The van der Waals surface area contributed by atoms with Gasteiger partial charge >= 0.3 is 0 Å². The monoisotopic (exact) mass is 378 g/mol. The first-order chi connectivity index (χ1) is 13.7. The van der Waals surface area contributed by atoms with Crippen molar-refractivity contribution in [2.75, 3.05) is 19.7 Å². The summed E-state index contributed by atoms with van der Waals surface area (Å²) in [5, 5.41) is 16.1. The zero-order valence-electron chi connectivity index (χ0n) is 15.9. The molecule has 3 N–H and O–H groups in total. The maximum absolute atomic E-state index is 11.9. The number of rotatable bonds is 4. The maximum Gasteiger partial charge on any atom is 0.248 e. The third-order valence-electron chi connectivity index (χ3n) is 6.24. The summed E-state index contributed by atoms with van der Waals surface area (Å²) in [7, 11) is 0. The van der Waals surface area contributed by atoms with Crippen molar-refractivity contribution in [3.05, 3.63) is 70.7 Å². The van der Waals surface area contributed by atoms with Crippen LogP contribution < -0.4 is 10.6 Å². The van der Waals surface area contributed by atoms with Crippen LogP contribution in [0.3, 0.4) is 0 Å². The number of likely N-dealkylation sites (tertiary alicyclic amines) is 1. The van der Waals surface area contributed by atoms with Crippen molar-refractivity contribution in [3.8, 4) is 0 Å². The van der Waals surface area contributed by atoms with Crippen LogP contribution in [0.2, 0.25) is 0 Å². The van der Waals surface area contributed by atoms with E-state index in [1.807, 2.05) is 12.3 Å². The summed E-state index contributed by atoms with van der Waals surface area (Å²) in [5.74, 6) is -0.0522. The lowest BCUT2D eigenvalue weighted by molar-refractivity contribution is -0.115. The lowest BCUT2D eigenvalue weighted by Gasteiger charge is -2.37. The van der Waals surface area contributed by atoms with Crippen LogP contribution in [-0.2, 0) is 11.3 Å². The Balaban J connectivity index is 1.35. The molecular formula is C22H26N4O2. The average Bonchev–Trinajstić information content (AvgIpc) is 3.30. The van der Waals surface area contributed by atoms with Gasteiger partial charge in [-0.25, -0.2) is 0 Å². The van der Waals surface area contributed by atoms with E-state index in [1.54, 1.807) is 6.08 Å². The van der Waals surface area contributed by atoms with Crippen molar-refractivity contribution >= 4 is 5.91 Å². The molecule has 1 unspecified atom stereocenters. The first-order valence-electron chi connectivity index (χ1n) is 10.1. The number of nitrogens with zero attached hydrogens (tertiary/aromatic N) is 2. The number of hydrogen-bond acceptors (Lipinski definition) is 5. The van der Waals surface area contributed by atoms with E-state index < -0.39 is 0 Å². The van der Waals surface area contributed by atoms with E-state index >= 15 is 0 Å². The first kappa shape index (κ1) is 17.5. The van der Waals surface area contributed by atoms with E-state index in [0.717, 1.165) is 49.4 Å². The van der Waals surface area contributed by atoms with Crippen LogP contribution in [0.15, 0.2) is 59.6 Å². The summed E-state index contributed by atoms with van der Waals surface area (Å²) < 4.78 is 0. The quantitative estimate of drug-likeness (QED) is 0.745. The molecule has 4 aliphatic heterocycles. The van der Waals surface area contributed by atoms with Crippen LogP contribution in [-0.4, -0.2) is 46.6 Å². The molecule has 0 spiro atoms. The zero-order chi connectivity index (χ0) is 19.1. The average molecular weight is 378 g/mol. The molecule has 0 radical (unpaired) electrons. The fourth-order valence-electron chi connectivity index (χ4n) is 4.79. The second kappa shape index (κ2) is 7.11. The highest BCUT2D eigenvalue weighted by atomic mass is 16.3. The lowest BCUT2D eigenvalue weighted by Crippen LogP contribution is -2.38. The Morgan fingerprint density at radius 2 is 2.00 bits per heavy atom. The number of aliphatic hydroxyl groups excluding tert-OH is 1. The Labute approximate surface area is 165 Å². The summed E-state index contributed by atoms with van der Waals surface area (Å²) in [6, 6.07) is 9.09. The number of amides is 1. The number of nitrogens with one attached hydrogen (secondary N) is 2. The van der Waals surface area contributed by atoms with Gasteiger partial charge in [0.05, 0.1) is 12.3 Å². The Hall–Kier alpha value is -2.57. The minimum absolute atomic E-state index is 0.0522. The minimum Gasteiger partial charge on any atom is -0.395 e. The van der Waals surface area contributed by atoms with E-state index in [-0.39, 0.29) is 18.7 Å². The van der Waals surface area contributed by atoms with Crippen molar-refractivity contribution in [2.24, 2.45) is 0 Å². The fraction of sp³-hybridized carbons (Fsp3) is 0.409. The van der Waals surface area contributed by atoms with E-state index in [9.17, 15) is 9.90 Å². The number of carbonyl (C=O) groups is 1. The van der Waals surface area contributed by atoms with Gasteiger partial charge in [-0.05, 0) is 36.6 Å². The highest BCUT2D eigenvalue weighted by molar-refractivity contribution is 5.90. The second-order valence-corrected chi connectivity index (χ2v) is 7.95. The molecule has 6 nitrogen and oxygen atoms in total. The van der Waals surface area contributed by atoms with Crippen molar-refractivity contribution in [1.82, 2.24) is 20.4 Å². The fourth-order valence-corrected chi connectivity index (χ4v) is 4.79. The lowest BCUT2D eigenvalue weighted by atomic mass is 10.0. The smallest absolute Gasteiger partial charge is 0.248 e. The molecule has 0 aliphatic carbocycles. The summed E-state index contributed by atoms with van der Waals surface area (Å²) in [4.78, 5) is 16.6. The molecule has 146 valence electrons. The number of allylic oxidation sites excluding steroid dienone is 1. The highest BCUT2D eigenvalue weighted by Gasteiger charge is 2.35. The molecule has 0 aromatic heterocycles. The zero-order valence-corrected chi connectivity index (χ0v) is 15.9. The molecule has 1 saturated heterocycles. The van der Waals surface area contributed by atoms with Gasteiger partial charge in [-0.1, -0.05) is 24.3 Å². The third-order valence-corrected chi connectivity index (χ3v) is 6.24. The van der Waals surface area contributed by atoms with Crippen LogP contribution in [0.1, 0.15) is 36.6 Å². The third kappa shape index (κ3) is 3.02. The van der Waals surface area contributed by atoms with Gasteiger partial charge in [0.25, 0.3) is 0 Å². The standard InChI is InChI=1S/C22H26N4O2/c27-14-18-2-1-10-25(18)13-15-3-5-16(6-4-15)22-23-12-17-7-8-20(28)24-19-9-11-26(22)21(17)19/h3-8,12,18,22-23,27H,1-2,9-11,13-14H2,(H,24,28)/t18-,22?/m0/s1. The topological polar surface area (TPSA) is 67.8 Å². The minimum atomic E-state index is -0.0522. The molecule has 1 amide bonds. The second-order valence-electron chi connectivity index (χ2n) is 7.95. The molecular weight excluding hydrogens is 352 g/mol. The molecule has 4 heterocycles. The summed E-state index contributed by atoms with van der Waals surface area (Å²) >= 11 is 0. The Morgan fingerprint density at radius 3 is 2.82 bits per heavy atom. The SMILES string of the molecule is O=C1C=CC2=CNC(c3ccc(CN4CCC[C@H]4CO)cc3)N3CCC(=C23)N1. The first-order valence-corrected chi connectivity index (χ1v) is 10.1. The number of hydrogen-bond donors (Lipinski definition) is 3. The summed E-state index contributed by atoms with van der Waals surface area (Å²) in [6.45, 7) is 3.09. The van der Waals surface area contributed by atoms with Gasteiger partial charge in [0.15, 0.2) is 0 Å². The van der Waals surface area contributed by atoms with Gasteiger partial charge in [-0.3, -0.25) is 9.69 Å². The molecule has 1 aromatic rings.